The van der Waals surface area contributed by atoms with Gasteiger partial charge in [-0.15, -0.1) is 0 Å². The predicted molar refractivity (Wildman–Crippen MR) is 139 cm³/mol. The molecule has 0 atom stereocenters. The van der Waals surface area contributed by atoms with Crippen molar-refractivity contribution in [3.05, 3.63) is 82.8 Å². The van der Waals surface area contributed by atoms with E-state index in [2.05, 4.69) is 95.8 Å². The van der Waals surface area contributed by atoms with Crippen molar-refractivity contribution in [3.63, 3.8) is 0 Å². The molecule has 1 aliphatic carbocycles. The van der Waals surface area contributed by atoms with Crippen LogP contribution in [0.4, 0.5) is 0 Å². The summed E-state index contributed by atoms with van der Waals surface area (Å²) in [5.41, 5.74) is 13.0. The Kier molecular flexibility index (Phi) is 4.36. The van der Waals surface area contributed by atoms with E-state index in [-0.39, 0.29) is 5.41 Å². The van der Waals surface area contributed by atoms with Crippen LogP contribution in [0.3, 0.4) is 0 Å². The fraction of sp³-hybridized carbons (Fsp3) is 0.290. The van der Waals surface area contributed by atoms with Crippen molar-refractivity contribution in [2.45, 2.75) is 52.9 Å². The number of hydrogen-bond acceptors (Lipinski definition) is 2. The van der Waals surface area contributed by atoms with Crippen LogP contribution in [0.1, 0.15) is 61.6 Å². The van der Waals surface area contributed by atoms with E-state index in [1.807, 2.05) is 12.3 Å². The smallest absolute Gasteiger partial charge is 0.216 e. The molecule has 3 aromatic heterocycles. The van der Waals surface area contributed by atoms with Crippen molar-refractivity contribution in [2.24, 2.45) is 7.05 Å². The molecule has 5 aromatic rings. The van der Waals surface area contributed by atoms with E-state index in [0.717, 1.165) is 16.9 Å². The van der Waals surface area contributed by atoms with Gasteiger partial charge in [0.15, 0.2) is 6.20 Å². The first-order valence-electron chi connectivity index (χ1n) is 12.1. The Morgan fingerprint density at radius 1 is 0.941 bits per heavy atom. The van der Waals surface area contributed by atoms with Gasteiger partial charge in [0.25, 0.3) is 0 Å². The second kappa shape index (κ2) is 7.02. The minimum Gasteiger partial charge on any atom is -0.455 e. The maximum atomic E-state index is 6.68. The number of hydrogen-bond donors (Lipinski definition) is 0. The van der Waals surface area contributed by atoms with E-state index in [1.165, 1.54) is 55.4 Å². The first kappa shape index (κ1) is 21.1. The molecule has 0 fully saturated rings. The van der Waals surface area contributed by atoms with Gasteiger partial charge in [-0.25, -0.2) is 4.57 Å². The molecule has 0 aliphatic heterocycles. The summed E-state index contributed by atoms with van der Waals surface area (Å²) in [6, 6.07) is 15.5. The molecule has 0 radical (unpaired) electrons. The average Bonchev–Trinajstić information content (AvgIpc) is 3.26. The summed E-state index contributed by atoms with van der Waals surface area (Å²) in [7, 11) is 2.14. The zero-order valence-electron chi connectivity index (χ0n) is 21.1. The van der Waals surface area contributed by atoms with Gasteiger partial charge in [0.05, 0.1) is 11.3 Å². The standard InChI is InChI=1S/C31H31N2O/c1-17(2)24-16-33(7)26(13-19(24)4)28-18(3)10-11-20-23-14-22-21-9-8-12-32-30(21)31(5,6)25(22)15-27(23)34-29(20)28/h8-17H,1-7H3/q+1. The minimum absolute atomic E-state index is 0.145. The Morgan fingerprint density at radius 3 is 2.50 bits per heavy atom. The summed E-state index contributed by atoms with van der Waals surface area (Å²) in [6.07, 6.45) is 4.17. The average molecular weight is 448 g/mol. The molecule has 34 heavy (non-hydrogen) atoms. The highest BCUT2D eigenvalue weighted by atomic mass is 16.3. The SMILES string of the molecule is Cc1cc(-c2c(C)ccc3c2oc2cc4c(cc23)-c2cccnc2C4(C)C)[n+](C)cc1C(C)C. The molecule has 0 saturated carbocycles. The van der Waals surface area contributed by atoms with Gasteiger partial charge in [0.2, 0.25) is 5.69 Å². The van der Waals surface area contributed by atoms with Gasteiger partial charge in [-0.1, -0.05) is 45.9 Å². The third kappa shape index (κ3) is 2.76. The van der Waals surface area contributed by atoms with Crippen LogP contribution in [-0.2, 0) is 12.5 Å². The molecule has 0 saturated heterocycles. The number of fused-ring (bicyclic) bond motifs is 6. The van der Waals surface area contributed by atoms with Gasteiger partial charge < -0.3 is 4.42 Å². The second-order valence-electron chi connectivity index (χ2n) is 10.7. The van der Waals surface area contributed by atoms with E-state index in [1.54, 1.807) is 0 Å². The highest BCUT2D eigenvalue weighted by molar-refractivity contribution is 6.11. The molecular weight excluding hydrogens is 416 g/mol. The fourth-order valence-corrected chi connectivity index (χ4v) is 5.91. The molecule has 0 N–H and O–H groups in total. The van der Waals surface area contributed by atoms with Gasteiger partial charge >= 0.3 is 0 Å². The van der Waals surface area contributed by atoms with Crippen molar-refractivity contribution < 1.29 is 8.98 Å². The number of furan rings is 1. The van der Waals surface area contributed by atoms with E-state index in [4.69, 9.17) is 9.40 Å². The number of pyridine rings is 2. The normalized spacial score (nSPS) is 14.2. The van der Waals surface area contributed by atoms with E-state index in [0.29, 0.717) is 5.92 Å². The third-order valence-corrected chi connectivity index (χ3v) is 7.75. The minimum atomic E-state index is -0.145. The zero-order valence-corrected chi connectivity index (χ0v) is 21.1. The largest absolute Gasteiger partial charge is 0.455 e. The van der Waals surface area contributed by atoms with E-state index < -0.39 is 0 Å². The van der Waals surface area contributed by atoms with Gasteiger partial charge in [-0.05, 0) is 60.2 Å². The molecule has 0 amide bonds. The lowest BCUT2D eigenvalue weighted by Crippen LogP contribution is -2.32. The highest BCUT2D eigenvalue weighted by Gasteiger charge is 2.37. The molecule has 0 unspecified atom stereocenters. The van der Waals surface area contributed by atoms with Gasteiger partial charge in [0, 0.05) is 39.6 Å². The maximum Gasteiger partial charge on any atom is 0.216 e. The molecule has 170 valence electrons. The molecule has 2 aromatic carbocycles. The van der Waals surface area contributed by atoms with E-state index >= 15 is 0 Å². The van der Waals surface area contributed by atoms with Crippen LogP contribution in [0.2, 0.25) is 0 Å². The summed E-state index contributed by atoms with van der Waals surface area (Å²) >= 11 is 0. The fourth-order valence-electron chi connectivity index (χ4n) is 5.91. The Balaban J connectivity index is 1.65. The van der Waals surface area contributed by atoms with E-state index in [9.17, 15) is 0 Å². The van der Waals surface area contributed by atoms with Crippen LogP contribution in [0.15, 0.2) is 59.3 Å². The molecule has 6 rings (SSSR count). The molecule has 3 heteroatoms. The van der Waals surface area contributed by atoms with Crippen LogP contribution >= 0.6 is 0 Å². The van der Waals surface area contributed by atoms with Gasteiger partial charge in [0.1, 0.15) is 18.2 Å². The number of nitrogens with zero attached hydrogens (tertiary/aromatic N) is 2. The first-order chi connectivity index (χ1) is 16.2. The van der Waals surface area contributed by atoms with Gasteiger partial charge in [-0.3, -0.25) is 4.98 Å². The monoisotopic (exact) mass is 447 g/mol. The maximum absolute atomic E-state index is 6.68. The Bertz CT molecular complexity index is 1640. The zero-order chi connectivity index (χ0) is 23.9. The lowest BCUT2D eigenvalue weighted by atomic mass is 9.85. The number of rotatable bonds is 2. The van der Waals surface area contributed by atoms with Crippen molar-refractivity contribution in [3.8, 4) is 22.4 Å². The van der Waals surface area contributed by atoms with Crippen LogP contribution in [0.5, 0.6) is 0 Å². The number of benzene rings is 2. The van der Waals surface area contributed by atoms with Crippen molar-refractivity contribution in [2.75, 3.05) is 0 Å². The number of aryl methyl sites for hydroxylation is 3. The summed E-state index contributed by atoms with van der Waals surface area (Å²) in [5.74, 6) is 0.492. The molecule has 0 bridgehead atoms. The second-order valence-corrected chi connectivity index (χ2v) is 10.7. The Hall–Kier alpha value is -3.46. The van der Waals surface area contributed by atoms with Crippen molar-refractivity contribution in [1.29, 1.82) is 0 Å². The quantitative estimate of drug-likeness (QED) is 0.262. The first-order valence-corrected chi connectivity index (χ1v) is 12.1. The van der Waals surface area contributed by atoms with Crippen LogP contribution in [0.25, 0.3) is 44.3 Å². The molecule has 1 aliphatic rings. The van der Waals surface area contributed by atoms with Crippen LogP contribution < -0.4 is 4.57 Å². The topological polar surface area (TPSA) is 29.9 Å². The summed E-state index contributed by atoms with van der Waals surface area (Å²) in [4.78, 5) is 4.73. The molecule has 3 heterocycles. The predicted octanol–water partition coefficient (Wildman–Crippen LogP) is 7.52. The molecule has 3 nitrogen and oxygen atoms in total. The Morgan fingerprint density at radius 2 is 1.74 bits per heavy atom. The summed E-state index contributed by atoms with van der Waals surface area (Å²) in [5, 5.41) is 2.33. The molecule has 0 spiro atoms. The van der Waals surface area contributed by atoms with Crippen molar-refractivity contribution >= 4 is 21.9 Å². The Labute approximate surface area is 201 Å². The van der Waals surface area contributed by atoms with Crippen molar-refractivity contribution in [1.82, 2.24) is 4.98 Å². The lowest BCUT2D eigenvalue weighted by molar-refractivity contribution is -0.660. The van der Waals surface area contributed by atoms with Crippen LogP contribution in [0, 0.1) is 13.8 Å². The summed E-state index contributed by atoms with van der Waals surface area (Å²) in [6.45, 7) is 13.4. The van der Waals surface area contributed by atoms with Gasteiger partial charge in [-0.2, -0.15) is 0 Å². The van der Waals surface area contributed by atoms with Crippen LogP contribution in [-0.4, -0.2) is 4.98 Å². The highest BCUT2D eigenvalue weighted by Crippen LogP contribution is 2.50. The lowest BCUT2D eigenvalue weighted by Gasteiger charge is -2.19. The molecular formula is C31H31N2O+. The third-order valence-electron chi connectivity index (χ3n) is 7.75. The summed E-state index contributed by atoms with van der Waals surface area (Å²) < 4.78 is 8.93. The number of aromatic nitrogens is 2.